The smallest absolute Gasteiger partial charge is 0.158 e. The van der Waals surface area contributed by atoms with Gasteiger partial charge in [-0.15, -0.1) is 0 Å². The quantitative estimate of drug-likeness (QED) is 0.884. The van der Waals surface area contributed by atoms with Gasteiger partial charge in [0.1, 0.15) is 18.2 Å². The number of aryl methyl sites for hydroxylation is 1. The molecule has 5 heteroatoms. The molecule has 0 amide bonds. The van der Waals surface area contributed by atoms with E-state index in [2.05, 4.69) is 46.1 Å². The van der Waals surface area contributed by atoms with Crippen LogP contribution in [0, 0.1) is 6.92 Å². The third-order valence-corrected chi connectivity index (χ3v) is 3.15. The number of nitrogen functional groups attached to an aromatic ring is 1. The topological polar surface area (TPSA) is 64.3 Å². The van der Waals surface area contributed by atoms with Crippen LogP contribution in [0.25, 0.3) is 0 Å². The summed E-state index contributed by atoms with van der Waals surface area (Å²) < 4.78 is 5.34. The Morgan fingerprint density at radius 3 is 2.57 bits per heavy atom. The minimum atomic E-state index is 0.382. The van der Waals surface area contributed by atoms with Crippen LogP contribution in [0.4, 0.5) is 11.6 Å². The number of rotatable bonds is 6. The Bertz CT molecular complexity index is 583. The molecule has 2 rings (SSSR count). The predicted octanol–water partition coefficient (Wildman–Crippen LogP) is 2.54. The van der Waals surface area contributed by atoms with Gasteiger partial charge in [-0.3, -0.25) is 0 Å². The van der Waals surface area contributed by atoms with Crippen LogP contribution < -0.4 is 10.6 Å². The van der Waals surface area contributed by atoms with Crippen molar-refractivity contribution in [1.82, 2.24) is 9.97 Å². The van der Waals surface area contributed by atoms with E-state index in [4.69, 9.17) is 10.5 Å². The highest BCUT2D eigenvalue weighted by Crippen LogP contribution is 2.16. The maximum Gasteiger partial charge on any atom is 0.158 e. The molecule has 1 aromatic carbocycles. The Kier molecular flexibility index (Phi) is 5.11. The molecule has 0 unspecified atom stereocenters. The van der Waals surface area contributed by atoms with Crippen molar-refractivity contribution in [3.8, 4) is 0 Å². The molecule has 1 aromatic heterocycles. The van der Waals surface area contributed by atoms with Gasteiger partial charge in [0.15, 0.2) is 5.82 Å². The van der Waals surface area contributed by atoms with Crippen LogP contribution in [-0.2, 0) is 17.9 Å². The molecule has 0 aliphatic heterocycles. The lowest BCUT2D eigenvalue weighted by Crippen LogP contribution is -2.19. The van der Waals surface area contributed by atoms with Gasteiger partial charge in [-0.1, -0.05) is 29.8 Å². The zero-order valence-electron chi connectivity index (χ0n) is 12.8. The standard InChI is InChI=1S/C16H22N4O/c1-4-21-11-15-18-14(17)9-16(19-15)20(3)10-13-7-5-12(2)6-8-13/h5-9H,4,10-11H2,1-3H3,(H2,17,18,19). The van der Waals surface area contributed by atoms with E-state index in [1.54, 1.807) is 6.07 Å². The van der Waals surface area contributed by atoms with Gasteiger partial charge in [-0.05, 0) is 19.4 Å². The van der Waals surface area contributed by atoms with Crippen LogP contribution in [-0.4, -0.2) is 23.6 Å². The predicted molar refractivity (Wildman–Crippen MR) is 85.1 cm³/mol. The van der Waals surface area contributed by atoms with Crippen molar-refractivity contribution in [3.05, 3.63) is 47.3 Å². The number of anilines is 2. The van der Waals surface area contributed by atoms with Crippen LogP contribution in [0.3, 0.4) is 0 Å². The van der Waals surface area contributed by atoms with Gasteiger partial charge in [0.25, 0.3) is 0 Å². The van der Waals surface area contributed by atoms with Gasteiger partial charge in [-0.25, -0.2) is 9.97 Å². The molecule has 21 heavy (non-hydrogen) atoms. The molecule has 112 valence electrons. The third-order valence-electron chi connectivity index (χ3n) is 3.15. The average molecular weight is 286 g/mol. The van der Waals surface area contributed by atoms with E-state index in [0.29, 0.717) is 24.9 Å². The SMILES string of the molecule is CCOCc1nc(N)cc(N(C)Cc2ccc(C)cc2)n1. The third kappa shape index (κ3) is 4.43. The molecule has 0 saturated heterocycles. The zero-order chi connectivity index (χ0) is 15.2. The summed E-state index contributed by atoms with van der Waals surface area (Å²) in [5, 5.41) is 0. The lowest BCUT2D eigenvalue weighted by molar-refractivity contribution is 0.128. The number of benzene rings is 1. The first kappa shape index (κ1) is 15.3. The molecule has 2 N–H and O–H groups in total. The molecular weight excluding hydrogens is 264 g/mol. The molecule has 0 aliphatic carbocycles. The molecule has 0 aliphatic rings. The number of aromatic nitrogens is 2. The number of nitrogens with two attached hydrogens (primary N) is 1. The van der Waals surface area contributed by atoms with Crippen molar-refractivity contribution in [2.45, 2.75) is 27.0 Å². The van der Waals surface area contributed by atoms with Crippen LogP contribution in [0.2, 0.25) is 0 Å². The minimum Gasteiger partial charge on any atom is -0.384 e. The van der Waals surface area contributed by atoms with Crippen molar-refractivity contribution >= 4 is 11.6 Å². The van der Waals surface area contributed by atoms with Gasteiger partial charge in [0.2, 0.25) is 0 Å². The highest BCUT2D eigenvalue weighted by Gasteiger charge is 2.08. The van der Waals surface area contributed by atoms with Gasteiger partial charge in [0.05, 0.1) is 0 Å². The van der Waals surface area contributed by atoms with Crippen molar-refractivity contribution in [2.24, 2.45) is 0 Å². The second-order valence-electron chi connectivity index (χ2n) is 5.05. The van der Waals surface area contributed by atoms with E-state index in [-0.39, 0.29) is 0 Å². The Morgan fingerprint density at radius 2 is 1.90 bits per heavy atom. The maximum absolute atomic E-state index is 5.85. The molecule has 2 aromatic rings. The summed E-state index contributed by atoms with van der Waals surface area (Å²) in [5.41, 5.74) is 8.33. The van der Waals surface area contributed by atoms with E-state index in [1.807, 2.05) is 14.0 Å². The van der Waals surface area contributed by atoms with Gasteiger partial charge < -0.3 is 15.4 Å². The first-order valence-corrected chi connectivity index (χ1v) is 7.06. The fraction of sp³-hybridized carbons (Fsp3) is 0.375. The second-order valence-corrected chi connectivity index (χ2v) is 5.05. The molecule has 1 heterocycles. The molecule has 0 radical (unpaired) electrons. The average Bonchev–Trinajstić information content (AvgIpc) is 2.47. The van der Waals surface area contributed by atoms with Gasteiger partial charge in [-0.2, -0.15) is 0 Å². The monoisotopic (exact) mass is 286 g/mol. The summed E-state index contributed by atoms with van der Waals surface area (Å²) in [6.45, 7) is 5.81. The lowest BCUT2D eigenvalue weighted by Gasteiger charge is -2.19. The first-order valence-electron chi connectivity index (χ1n) is 7.06. The Morgan fingerprint density at radius 1 is 1.19 bits per heavy atom. The Labute approximate surface area is 125 Å². The fourth-order valence-electron chi connectivity index (χ4n) is 2.00. The highest BCUT2D eigenvalue weighted by atomic mass is 16.5. The van der Waals surface area contributed by atoms with Crippen molar-refractivity contribution in [3.63, 3.8) is 0 Å². The Balaban J connectivity index is 2.12. The summed E-state index contributed by atoms with van der Waals surface area (Å²) in [5.74, 6) is 1.88. The molecular formula is C16H22N4O. The molecule has 0 bridgehead atoms. The summed E-state index contributed by atoms with van der Waals surface area (Å²) in [7, 11) is 1.99. The van der Waals surface area contributed by atoms with Crippen LogP contribution in [0.1, 0.15) is 23.9 Å². The normalized spacial score (nSPS) is 10.6. The number of nitrogens with zero attached hydrogens (tertiary/aromatic N) is 3. The van der Waals surface area contributed by atoms with Crippen LogP contribution >= 0.6 is 0 Å². The summed E-state index contributed by atoms with van der Waals surface area (Å²) in [4.78, 5) is 10.7. The molecule has 0 fully saturated rings. The first-order chi connectivity index (χ1) is 10.1. The van der Waals surface area contributed by atoms with Crippen molar-refractivity contribution < 1.29 is 4.74 Å². The summed E-state index contributed by atoms with van der Waals surface area (Å²) >= 11 is 0. The van der Waals surface area contributed by atoms with Crippen LogP contribution in [0.15, 0.2) is 30.3 Å². The second kappa shape index (κ2) is 7.04. The molecule has 0 saturated carbocycles. The van der Waals surface area contributed by atoms with E-state index in [1.165, 1.54) is 11.1 Å². The van der Waals surface area contributed by atoms with E-state index in [0.717, 1.165) is 12.4 Å². The summed E-state index contributed by atoms with van der Waals surface area (Å²) in [6, 6.07) is 10.2. The number of hydrogen-bond acceptors (Lipinski definition) is 5. The lowest BCUT2D eigenvalue weighted by atomic mass is 10.1. The molecule has 0 atom stereocenters. The number of ether oxygens (including phenoxy) is 1. The minimum absolute atomic E-state index is 0.382. The number of hydrogen-bond donors (Lipinski definition) is 1. The van der Waals surface area contributed by atoms with Gasteiger partial charge in [0, 0.05) is 26.3 Å². The zero-order valence-corrected chi connectivity index (χ0v) is 12.8. The molecule has 0 spiro atoms. The highest BCUT2D eigenvalue weighted by molar-refractivity contribution is 5.47. The largest absolute Gasteiger partial charge is 0.384 e. The molecule has 5 nitrogen and oxygen atoms in total. The van der Waals surface area contributed by atoms with E-state index >= 15 is 0 Å². The van der Waals surface area contributed by atoms with Crippen molar-refractivity contribution in [1.29, 1.82) is 0 Å². The maximum atomic E-state index is 5.85. The Hall–Kier alpha value is -2.14. The van der Waals surface area contributed by atoms with E-state index in [9.17, 15) is 0 Å². The fourth-order valence-corrected chi connectivity index (χ4v) is 2.00. The van der Waals surface area contributed by atoms with Gasteiger partial charge >= 0.3 is 0 Å². The van der Waals surface area contributed by atoms with Crippen LogP contribution in [0.5, 0.6) is 0 Å². The van der Waals surface area contributed by atoms with Crippen molar-refractivity contribution in [2.75, 3.05) is 24.3 Å². The van der Waals surface area contributed by atoms with E-state index < -0.39 is 0 Å². The summed E-state index contributed by atoms with van der Waals surface area (Å²) in [6.07, 6.45) is 0.